The lowest BCUT2D eigenvalue weighted by molar-refractivity contribution is 0.0384. The summed E-state index contributed by atoms with van der Waals surface area (Å²) in [5.41, 5.74) is 10.6. The number of ether oxygens (including phenoxy) is 1. The summed E-state index contributed by atoms with van der Waals surface area (Å²) < 4.78 is 5.51. The lowest BCUT2D eigenvalue weighted by Gasteiger charge is -2.38. The number of hydrogen-bond donors (Lipinski definition) is 0. The van der Waals surface area contributed by atoms with Gasteiger partial charge in [0.2, 0.25) is 0 Å². The molecule has 2 aliphatic heterocycles. The first kappa shape index (κ1) is 23.5. The van der Waals surface area contributed by atoms with Crippen LogP contribution in [-0.4, -0.2) is 79.9 Å². The summed E-state index contributed by atoms with van der Waals surface area (Å²) in [6, 6.07) is 9.78. The third-order valence-corrected chi connectivity index (χ3v) is 8.01. The van der Waals surface area contributed by atoms with E-state index in [0.717, 1.165) is 83.3 Å². The van der Waals surface area contributed by atoms with E-state index in [-0.39, 0.29) is 0 Å². The number of rotatable bonds is 6. The van der Waals surface area contributed by atoms with E-state index in [0.29, 0.717) is 6.04 Å². The molecule has 0 bridgehead atoms. The van der Waals surface area contributed by atoms with Crippen molar-refractivity contribution in [3.8, 4) is 11.3 Å². The second-order valence-electron chi connectivity index (χ2n) is 10.4. The van der Waals surface area contributed by atoms with Gasteiger partial charge in [0.25, 0.3) is 0 Å². The summed E-state index contributed by atoms with van der Waals surface area (Å²) in [6.45, 7) is 18.5. The van der Waals surface area contributed by atoms with Crippen molar-refractivity contribution in [3.05, 3.63) is 52.2 Å². The van der Waals surface area contributed by atoms with Crippen LogP contribution in [0.25, 0.3) is 17.3 Å². The highest BCUT2D eigenvalue weighted by Crippen LogP contribution is 2.37. The molecule has 0 unspecified atom stereocenters. The Labute approximate surface area is 205 Å². The maximum Gasteiger partial charge on any atom is 0.0780 e. The van der Waals surface area contributed by atoms with Gasteiger partial charge in [-0.1, -0.05) is 23.8 Å². The number of anilines is 1. The number of nitrogens with zero attached hydrogens (tertiary/aromatic N) is 4. The molecule has 1 aromatic heterocycles. The highest BCUT2D eigenvalue weighted by Gasteiger charge is 2.23. The standard InChI is InChI=1S/C29H40N4O/c1-21(2)32-11-13-33(14-12-32)26-7-5-25(6-8-26)29-28-20-24(9-10-31-15-17-34-18-16-31)19-27(28)22(3)23(4)30-29/h5-8,20-21H,9-19H2,1-4H3. The number of pyridine rings is 1. The second kappa shape index (κ2) is 10.2. The molecule has 5 heteroatoms. The van der Waals surface area contributed by atoms with E-state index in [4.69, 9.17) is 9.72 Å². The van der Waals surface area contributed by atoms with Crippen molar-refractivity contribution in [2.24, 2.45) is 0 Å². The van der Waals surface area contributed by atoms with Crippen LogP contribution in [0.1, 0.15) is 42.7 Å². The van der Waals surface area contributed by atoms with Crippen molar-refractivity contribution in [2.45, 2.75) is 46.6 Å². The Bertz CT molecular complexity index is 1030. The fourth-order valence-electron chi connectivity index (χ4n) is 5.57. The number of aryl methyl sites for hydroxylation is 1. The molecule has 3 heterocycles. The molecule has 5 rings (SSSR count). The topological polar surface area (TPSA) is 31.8 Å². The highest BCUT2D eigenvalue weighted by molar-refractivity contribution is 5.80. The summed E-state index contributed by atoms with van der Waals surface area (Å²) in [4.78, 5) is 12.7. The molecule has 34 heavy (non-hydrogen) atoms. The van der Waals surface area contributed by atoms with Gasteiger partial charge in [-0.25, -0.2) is 0 Å². The van der Waals surface area contributed by atoms with Crippen molar-refractivity contribution in [3.63, 3.8) is 0 Å². The SMILES string of the molecule is Cc1nc(-c2ccc(N3CCN(C(C)C)CC3)cc2)c2c(c1C)CC(CCN1CCOCC1)=C2. The molecule has 5 nitrogen and oxygen atoms in total. The largest absolute Gasteiger partial charge is 0.379 e. The van der Waals surface area contributed by atoms with Crippen molar-refractivity contribution in [1.29, 1.82) is 0 Å². The first-order valence-electron chi connectivity index (χ1n) is 13.1. The molecule has 0 N–H and O–H groups in total. The minimum absolute atomic E-state index is 0.634. The zero-order valence-corrected chi connectivity index (χ0v) is 21.4. The molecular weight excluding hydrogens is 420 g/mol. The van der Waals surface area contributed by atoms with Gasteiger partial charge in [0.15, 0.2) is 0 Å². The fourth-order valence-corrected chi connectivity index (χ4v) is 5.57. The molecule has 2 saturated heterocycles. The van der Waals surface area contributed by atoms with Crippen molar-refractivity contribution in [2.75, 3.05) is 63.9 Å². The van der Waals surface area contributed by atoms with Crippen LogP contribution >= 0.6 is 0 Å². The minimum Gasteiger partial charge on any atom is -0.379 e. The van der Waals surface area contributed by atoms with Crippen LogP contribution in [0.5, 0.6) is 0 Å². The number of benzene rings is 1. The number of piperazine rings is 1. The molecule has 182 valence electrons. The first-order chi connectivity index (χ1) is 16.5. The van der Waals surface area contributed by atoms with Crippen LogP contribution < -0.4 is 4.90 Å². The van der Waals surface area contributed by atoms with Crippen molar-refractivity contribution >= 4 is 11.8 Å². The molecule has 0 atom stereocenters. The maximum absolute atomic E-state index is 5.51. The average molecular weight is 461 g/mol. The van der Waals surface area contributed by atoms with Crippen LogP contribution in [0.2, 0.25) is 0 Å². The molecule has 3 aliphatic rings. The smallest absolute Gasteiger partial charge is 0.0780 e. The first-order valence-corrected chi connectivity index (χ1v) is 13.1. The van der Waals surface area contributed by atoms with Gasteiger partial charge >= 0.3 is 0 Å². The second-order valence-corrected chi connectivity index (χ2v) is 10.4. The molecule has 0 radical (unpaired) electrons. The molecule has 0 spiro atoms. The summed E-state index contributed by atoms with van der Waals surface area (Å²) in [5.74, 6) is 0. The Kier molecular flexibility index (Phi) is 7.05. The molecule has 2 fully saturated rings. The Morgan fingerprint density at radius 2 is 1.65 bits per heavy atom. The summed E-state index contributed by atoms with van der Waals surface area (Å²) in [6.07, 6.45) is 4.64. The van der Waals surface area contributed by atoms with E-state index < -0.39 is 0 Å². The quantitative estimate of drug-likeness (QED) is 0.631. The third kappa shape index (κ3) is 4.93. The Morgan fingerprint density at radius 1 is 0.941 bits per heavy atom. The van der Waals surface area contributed by atoms with Gasteiger partial charge in [0.1, 0.15) is 0 Å². The molecule has 0 amide bonds. The molecule has 1 aromatic carbocycles. The number of hydrogen-bond acceptors (Lipinski definition) is 5. The van der Waals surface area contributed by atoms with E-state index in [9.17, 15) is 0 Å². The Balaban J connectivity index is 1.33. The molecular formula is C29H40N4O. The van der Waals surface area contributed by atoms with Gasteiger partial charge in [0, 0.05) is 74.4 Å². The van der Waals surface area contributed by atoms with Crippen LogP contribution in [0, 0.1) is 13.8 Å². The monoisotopic (exact) mass is 460 g/mol. The van der Waals surface area contributed by atoms with E-state index in [1.54, 1.807) is 0 Å². The Hall–Kier alpha value is -2.21. The van der Waals surface area contributed by atoms with Crippen LogP contribution in [0.3, 0.4) is 0 Å². The van der Waals surface area contributed by atoms with Crippen LogP contribution in [0.15, 0.2) is 29.8 Å². The van der Waals surface area contributed by atoms with Gasteiger partial charge in [-0.05, 0) is 63.8 Å². The highest BCUT2D eigenvalue weighted by atomic mass is 16.5. The van der Waals surface area contributed by atoms with Crippen molar-refractivity contribution in [1.82, 2.24) is 14.8 Å². The predicted molar refractivity (Wildman–Crippen MR) is 142 cm³/mol. The summed E-state index contributed by atoms with van der Waals surface area (Å²) in [7, 11) is 0. The zero-order chi connectivity index (χ0) is 23.7. The van der Waals surface area contributed by atoms with E-state index >= 15 is 0 Å². The van der Waals surface area contributed by atoms with Crippen LogP contribution in [0.4, 0.5) is 5.69 Å². The average Bonchev–Trinajstić information content (AvgIpc) is 3.30. The van der Waals surface area contributed by atoms with E-state index in [2.05, 4.69) is 72.7 Å². The van der Waals surface area contributed by atoms with Gasteiger partial charge in [-0.2, -0.15) is 0 Å². The van der Waals surface area contributed by atoms with E-state index in [1.807, 2.05) is 0 Å². The van der Waals surface area contributed by atoms with Gasteiger partial charge in [0.05, 0.1) is 18.9 Å². The lowest BCUT2D eigenvalue weighted by atomic mass is 9.97. The molecule has 0 saturated carbocycles. The minimum atomic E-state index is 0.634. The number of aromatic nitrogens is 1. The van der Waals surface area contributed by atoms with Crippen molar-refractivity contribution < 1.29 is 4.74 Å². The van der Waals surface area contributed by atoms with E-state index in [1.165, 1.54) is 33.5 Å². The molecule has 2 aromatic rings. The number of fused-ring (bicyclic) bond motifs is 1. The normalized spacial score (nSPS) is 19.6. The maximum atomic E-state index is 5.51. The van der Waals surface area contributed by atoms with Crippen LogP contribution in [-0.2, 0) is 11.2 Å². The number of morpholine rings is 1. The van der Waals surface area contributed by atoms with Gasteiger partial charge in [-0.15, -0.1) is 0 Å². The van der Waals surface area contributed by atoms with Gasteiger partial charge in [-0.3, -0.25) is 14.8 Å². The zero-order valence-electron chi connectivity index (χ0n) is 21.4. The summed E-state index contributed by atoms with van der Waals surface area (Å²) in [5, 5.41) is 0. The molecule has 1 aliphatic carbocycles. The summed E-state index contributed by atoms with van der Waals surface area (Å²) >= 11 is 0. The third-order valence-electron chi connectivity index (χ3n) is 8.01. The van der Waals surface area contributed by atoms with Gasteiger partial charge < -0.3 is 9.64 Å². The Morgan fingerprint density at radius 3 is 2.32 bits per heavy atom. The fraction of sp³-hybridized carbons (Fsp3) is 0.552. The predicted octanol–water partition coefficient (Wildman–Crippen LogP) is 4.56. The lowest BCUT2D eigenvalue weighted by Crippen LogP contribution is -2.48.